The van der Waals surface area contributed by atoms with E-state index in [1.165, 1.54) is 0 Å². The van der Waals surface area contributed by atoms with E-state index in [0.29, 0.717) is 6.04 Å². The van der Waals surface area contributed by atoms with Gasteiger partial charge in [-0.1, -0.05) is 23.5 Å². The topological polar surface area (TPSA) is 41.5 Å². The van der Waals surface area contributed by atoms with Crippen molar-refractivity contribution in [2.45, 2.75) is 24.6 Å². The van der Waals surface area contributed by atoms with E-state index in [1.807, 2.05) is 0 Å². The molecule has 3 nitrogen and oxygen atoms in total. The predicted molar refractivity (Wildman–Crippen MR) is 58.4 cm³/mol. The third-order valence-corrected chi connectivity index (χ3v) is 4.70. The average molecular weight is 216 g/mol. The quantitative estimate of drug-likeness (QED) is 0.713. The van der Waals surface area contributed by atoms with Crippen LogP contribution in [0.4, 0.5) is 0 Å². The zero-order valence-electron chi connectivity index (χ0n) is 7.45. The normalized spacial score (nSPS) is 33.3. The predicted octanol–water partition coefficient (Wildman–Crippen LogP) is 1.10. The minimum atomic E-state index is 0.108. The second-order valence-electron chi connectivity index (χ2n) is 3.24. The molecule has 1 amide bonds. The van der Waals surface area contributed by atoms with Crippen LogP contribution in [0.25, 0.3) is 0 Å². The first kappa shape index (κ1) is 9.40. The van der Waals surface area contributed by atoms with E-state index in [2.05, 4.69) is 17.2 Å². The Bertz CT molecular complexity index is 255. The summed E-state index contributed by atoms with van der Waals surface area (Å²) in [5.41, 5.74) is 0. The lowest BCUT2D eigenvalue weighted by Gasteiger charge is -2.03. The number of nitrogens with one attached hydrogen (secondary N) is 1. The first-order chi connectivity index (χ1) is 6.25. The van der Waals surface area contributed by atoms with Crippen molar-refractivity contribution in [3.63, 3.8) is 0 Å². The van der Waals surface area contributed by atoms with Gasteiger partial charge < -0.3 is 5.32 Å². The molecular formula is C8H12N2OS2. The van der Waals surface area contributed by atoms with Gasteiger partial charge in [0.15, 0.2) is 0 Å². The molecule has 2 heterocycles. The van der Waals surface area contributed by atoms with E-state index >= 15 is 0 Å². The van der Waals surface area contributed by atoms with Gasteiger partial charge in [-0.15, -0.1) is 0 Å². The number of nitrogens with zero attached hydrogens (tertiary/aromatic N) is 1. The maximum absolute atomic E-state index is 11.2. The van der Waals surface area contributed by atoms with E-state index in [-0.39, 0.29) is 11.2 Å². The Morgan fingerprint density at radius 3 is 3.08 bits per heavy atom. The Morgan fingerprint density at radius 2 is 2.54 bits per heavy atom. The van der Waals surface area contributed by atoms with E-state index in [9.17, 15) is 4.79 Å². The molecule has 0 aromatic rings. The minimum Gasteiger partial charge on any atom is -0.355 e. The molecule has 0 aliphatic carbocycles. The van der Waals surface area contributed by atoms with Crippen LogP contribution in [0.5, 0.6) is 0 Å². The fourth-order valence-corrected chi connectivity index (χ4v) is 3.76. The van der Waals surface area contributed by atoms with Crippen LogP contribution in [-0.4, -0.2) is 33.9 Å². The molecule has 0 spiro atoms. The molecule has 2 atom stereocenters. The highest BCUT2D eigenvalue weighted by Gasteiger charge is 2.28. The van der Waals surface area contributed by atoms with Crippen molar-refractivity contribution in [1.29, 1.82) is 0 Å². The molecule has 1 fully saturated rings. The third-order valence-electron chi connectivity index (χ3n) is 2.02. The number of hydrogen-bond acceptors (Lipinski definition) is 4. The number of aliphatic imine (C=N–C) groups is 1. The lowest BCUT2D eigenvalue weighted by atomic mass is 10.4. The molecule has 0 aromatic carbocycles. The van der Waals surface area contributed by atoms with Crippen molar-refractivity contribution in [1.82, 2.24) is 5.32 Å². The van der Waals surface area contributed by atoms with Gasteiger partial charge in [0.1, 0.15) is 4.38 Å². The maximum Gasteiger partial charge on any atom is 0.233 e. The summed E-state index contributed by atoms with van der Waals surface area (Å²) in [6.07, 6.45) is 0.942. The Balaban J connectivity index is 1.90. The molecular weight excluding hydrogens is 204 g/mol. The number of amides is 1. The number of thioether (sulfide) groups is 2. The zero-order chi connectivity index (χ0) is 9.26. The van der Waals surface area contributed by atoms with Gasteiger partial charge in [0.05, 0.1) is 11.3 Å². The Morgan fingerprint density at radius 1 is 1.69 bits per heavy atom. The first-order valence-corrected chi connectivity index (χ1v) is 6.27. The Kier molecular flexibility index (Phi) is 2.83. The molecule has 0 bridgehead atoms. The van der Waals surface area contributed by atoms with Crippen molar-refractivity contribution >= 4 is 33.8 Å². The van der Waals surface area contributed by atoms with Crippen LogP contribution >= 0.6 is 23.5 Å². The van der Waals surface area contributed by atoms with Gasteiger partial charge in [0.25, 0.3) is 0 Å². The second kappa shape index (κ2) is 3.92. The Labute approximate surface area is 86.1 Å². The number of carbonyl (C=O) groups is 1. The molecule has 72 valence electrons. The van der Waals surface area contributed by atoms with E-state index < -0.39 is 0 Å². The second-order valence-corrected chi connectivity index (χ2v) is 5.70. The van der Waals surface area contributed by atoms with E-state index in [4.69, 9.17) is 0 Å². The molecule has 2 aliphatic rings. The summed E-state index contributed by atoms with van der Waals surface area (Å²) in [5.74, 6) is 1.24. The smallest absolute Gasteiger partial charge is 0.233 e. The summed E-state index contributed by atoms with van der Waals surface area (Å²) in [7, 11) is 0. The largest absolute Gasteiger partial charge is 0.355 e. The van der Waals surface area contributed by atoms with Crippen molar-refractivity contribution in [2.24, 2.45) is 4.99 Å². The lowest BCUT2D eigenvalue weighted by molar-refractivity contribution is -0.118. The summed E-state index contributed by atoms with van der Waals surface area (Å²) < 4.78 is 1.09. The van der Waals surface area contributed by atoms with Gasteiger partial charge in [0.2, 0.25) is 5.91 Å². The molecule has 13 heavy (non-hydrogen) atoms. The number of carbonyl (C=O) groups excluding carboxylic acids is 1. The Hall–Kier alpha value is -0.160. The summed E-state index contributed by atoms with van der Waals surface area (Å²) >= 11 is 3.40. The highest BCUT2D eigenvalue weighted by Crippen LogP contribution is 2.31. The van der Waals surface area contributed by atoms with Gasteiger partial charge in [-0.2, -0.15) is 0 Å². The van der Waals surface area contributed by atoms with Crippen LogP contribution in [-0.2, 0) is 4.79 Å². The minimum absolute atomic E-state index is 0.108. The fourth-order valence-electron chi connectivity index (χ4n) is 1.32. The monoisotopic (exact) mass is 216 g/mol. The summed E-state index contributed by atoms with van der Waals surface area (Å²) in [6.45, 7) is 2.93. The van der Waals surface area contributed by atoms with E-state index in [0.717, 1.165) is 23.1 Å². The third kappa shape index (κ3) is 2.20. The van der Waals surface area contributed by atoms with E-state index in [1.54, 1.807) is 23.5 Å². The molecule has 1 N–H and O–H groups in total. The van der Waals surface area contributed by atoms with Gasteiger partial charge in [-0.05, 0) is 13.3 Å². The molecule has 1 saturated heterocycles. The SMILES string of the molecule is CC1CSC(SC2CCNC2=O)=N1. The zero-order valence-corrected chi connectivity index (χ0v) is 9.08. The van der Waals surface area contributed by atoms with Crippen LogP contribution in [0, 0.1) is 0 Å². The summed E-state index contributed by atoms with van der Waals surface area (Å²) in [5, 5.41) is 2.94. The summed E-state index contributed by atoms with van der Waals surface area (Å²) in [4.78, 5) is 15.7. The van der Waals surface area contributed by atoms with Crippen LogP contribution in [0.1, 0.15) is 13.3 Å². The summed E-state index contributed by atoms with van der Waals surface area (Å²) in [6, 6.07) is 0.428. The van der Waals surface area contributed by atoms with Gasteiger partial charge >= 0.3 is 0 Å². The van der Waals surface area contributed by atoms with Gasteiger partial charge in [-0.3, -0.25) is 9.79 Å². The highest BCUT2D eigenvalue weighted by molar-refractivity contribution is 8.39. The molecule has 2 aliphatic heterocycles. The van der Waals surface area contributed by atoms with Crippen molar-refractivity contribution in [2.75, 3.05) is 12.3 Å². The fraction of sp³-hybridized carbons (Fsp3) is 0.750. The van der Waals surface area contributed by atoms with Crippen molar-refractivity contribution in [3.8, 4) is 0 Å². The first-order valence-electron chi connectivity index (χ1n) is 4.40. The number of hydrogen-bond donors (Lipinski definition) is 1. The van der Waals surface area contributed by atoms with Gasteiger partial charge in [0, 0.05) is 12.3 Å². The molecule has 5 heteroatoms. The average Bonchev–Trinajstić information content (AvgIpc) is 2.64. The maximum atomic E-state index is 11.2. The van der Waals surface area contributed by atoms with Crippen molar-refractivity contribution < 1.29 is 4.79 Å². The van der Waals surface area contributed by atoms with Crippen LogP contribution in [0.15, 0.2) is 4.99 Å². The van der Waals surface area contributed by atoms with Crippen LogP contribution < -0.4 is 5.32 Å². The van der Waals surface area contributed by atoms with Gasteiger partial charge in [-0.25, -0.2) is 0 Å². The molecule has 2 unspecified atom stereocenters. The lowest BCUT2D eigenvalue weighted by Crippen LogP contribution is -2.21. The molecule has 0 aromatic heterocycles. The van der Waals surface area contributed by atoms with Crippen LogP contribution in [0.2, 0.25) is 0 Å². The standard InChI is InChI=1S/C8H12N2OS2/c1-5-4-12-8(10-5)13-6-2-3-9-7(6)11/h5-6H,2-4H2,1H3,(H,9,11). The highest BCUT2D eigenvalue weighted by atomic mass is 32.2. The van der Waals surface area contributed by atoms with Crippen molar-refractivity contribution in [3.05, 3.63) is 0 Å². The number of rotatable bonds is 1. The molecule has 0 radical (unpaired) electrons. The molecule has 2 rings (SSSR count). The molecule has 0 saturated carbocycles. The van der Waals surface area contributed by atoms with Crippen LogP contribution in [0.3, 0.4) is 0 Å².